The van der Waals surface area contributed by atoms with Gasteiger partial charge in [-0.05, 0) is 18.2 Å². The Bertz CT molecular complexity index is 521. The Morgan fingerprint density at radius 1 is 1.47 bits per heavy atom. The molecule has 0 aliphatic heterocycles. The van der Waals surface area contributed by atoms with Gasteiger partial charge in [-0.25, -0.2) is 4.79 Å². The van der Waals surface area contributed by atoms with Crippen molar-refractivity contribution in [2.75, 3.05) is 18.5 Å². The molecule has 1 aromatic rings. The van der Waals surface area contributed by atoms with E-state index >= 15 is 0 Å². The molecule has 0 atom stereocenters. The number of halogens is 3. The molecule has 1 aromatic carbocycles. The van der Waals surface area contributed by atoms with Crippen molar-refractivity contribution in [1.29, 1.82) is 5.26 Å². The Balaban J connectivity index is 3.20. The van der Waals surface area contributed by atoms with Crippen LogP contribution in [0.4, 0.5) is 18.9 Å². The van der Waals surface area contributed by atoms with Gasteiger partial charge in [-0.2, -0.15) is 18.4 Å². The lowest BCUT2D eigenvalue weighted by atomic mass is 10.1. The Hall–Kier alpha value is -2.23. The van der Waals surface area contributed by atoms with E-state index in [2.05, 4.69) is 0 Å². The molecule has 1 rings (SSSR count). The highest BCUT2D eigenvalue weighted by atomic mass is 19.4. The van der Waals surface area contributed by atoms with Crippen LogP contribution in [0.2, 0.25) is 0 Å². The lowest BCUT2D eigenvalue weighted by Crippen LogP contribution is -2.21. The number of carboxylic acid groups (broad SMARTS) is 1. The Morgan fingerprint density at radius 3 is 2.58 bits per heavy atom. The smallest absolute Gasteiger partial charge is 0.416 e. The van der Waals surface area contributed by atoms with Gasteiger partial charge in [-0.15, -0.1) is 0 Å². The zero-order chi connectivity index (χ0) is 14.6. The second-order valence-electron chi connectivity index (χ2n) is 3.86. The largest absolute Gasteiger partial charge is 0.478 e. The summed E-state index contributed by atoms with van der Waals surface area (Å²) in [5, 5.41) is 17.4. The molecule has 19 heavy (non-hydrogen) atoms. The summed E-state index contributed by atoms with van der Waals surface area (Å²) in [5.74, 6) is -1.44. The van der Waals surface area contributed by atoms with Gasteiger partial charge in [0.1, 0.15) is 0 Å². The first-order valence-corrected chi connectivity index (χ1v) is 5.30. The lowest BCUT2D eigenvalue weighted by molar-refractivity contribution is -0.137. The highest BCUT2D eigenvalue weighted by molar-refractivity contribution is 5.94. The van der Waals surface area contributed by atoms with E-state index in [0.717, 1.165) is 12.1 Å². The molecule has 7 heteroatoms. The highest BCUT2D eigenvalue weighted by Crippen LogP contribution is 2.32. The SMILES string of the molecule is CN(CCC#N)c1ccc(C(F)(F)F)cc1C(=O)O. The monoisotopic (exact) mass is 272 g/mol. The van der Waals surface area contributed by atoms with Crippen molar-refractivity contribution in [2.24, 2.45) is 0 Å². The molecule has 0 radical (unpaired) electrons. The van der Waals surface area contributed by atoms with Gasteiger partial charge < -0.3 is 10.0 Å². The second kappa shape index (κ2) is 5.61. The van der Waals surface area contributed by atoms with Crippen LogP contribution in [0, 0.1) is 11.3 Å². The minimum atomic E-state index is -4.59. The van der Waals surface area contributed by atoms with Gasteiger partial charge in [-0.3, -0.25) is 0 Å². The van der Waals surface area contributed by atoms with Crippen molar-refractivity contribution in [3.05, 3.63) is 29.3 Å². The van der Waals surface area contributed by atoms with Crippen molar-refractivity contribution >= 4 is 11.7 Å². The average Bonchev–Trinajstić information content (AvgIpc) is 2.34. The number of carbonyl (C=O) groups is 1. The molecule has 1 N–H and O–H groups in total. The van der Waals surface area contributed by atoms with Crippen LogP contribution in [0.25, 0.3) is 0 Å². The molecule has 0 amide bonds. The summed E-state index contributed by atoms with van der Waals surface area (Å²) in [4.78, 5) is 12.5. The summed E-state index contributed by atoms with van der Waals surface area (Å²) in [6, 6.07) is 4.41. The van der Waals surface area contributed by atoms with Crippen LogP contribution >= 0.6 is 0 Å². The molecule has 0 aliphatic rings. The van der Waals surface area contributed by atoms with Gasteiger partial charge in [-0.1, -0.05) is 0 Å². The van der Waals surface area contributed by atoms with Crippen molar-refractivity contribution in [3.8, 4) is 6.07 Å². The molecule has 0 saturated heterocycles. The zero-order valence-electron chi connectivity index (χ0n) is 10.0. The summed E-state index contributed by atoms with van der Waals surface area (Å²) >= 11 is 0. The van der Waals surface area contributed by atoms with Crippen molar-refractivity contribution in [1.82, 2.24) is 0 Å². The molecule has 0 fully saturated rings. The highest BCUT2D eigenvalue weighted by Gasteiger charge is 2.32. The molecule has 0 heterocycles. The van der Waals surface area contributed by atoms with Gasteiger partial charge in [0, 0.05) is 13.6 Å². The number of hydrogen-bond acceptors (Lipinski definition) is 3. The lowest BCUT2D eigenvalue weighted by Gasteiger charge is -2.21. The summed E-state index contributed by atoms with van der Waals surface area (Å²) in [6.45, 7) is 0.238. The van der Waals surface area contributed by atoms with E-state index in [1.54, 1.807) is 0 Å². The number of rotatable bonds is 4. The van der Waals surface area contributed by atoms with E-state index in [1.165, 1.54) is 11.9 Å². The molecule has 0 saturated carbocycles. The molecule has 4 nitrogen and oxygen atoms in total. The number of hydrogen-bond donors (Lipinski definition) is 1. The first-order valence-electron chi connectivity index (χ1n) is 5.30. The van der Waals surface area contributed by atoms with Crippen LogP contribution in [0.1, 0.15) is 22.3 Å². The summed E-state index contributed by atoms with van der Waals surface area (Å²) in [5.41, 5.74) is -1.30. The minimum absolute atomic E-state index is 0.149. The first-order chi connectivity index (χ1) is 8.77. The van der Waals surface area contributed by atoms with E-state index in [-0.39, 0.29) is 18.7 Å². The van der Waals surface area contributed by atoms with Crippen LogP contribution in [-0.4, -0.2) is 24.7 Å². The molecular weight excluding hydrogens is 261 g/mol. The Kier molecular flexibility index (Phi) is 4.38. The van der Waals surface area contributed by atoms with E-state index in [1.807, 2.05) is 6.07 Å². The molecule has 0 aliphatic carbocycles. The van der Waals surface area contributed by atoms with Gasteiger partial charge in [0.05, 0.1) is 29.3 Å². The average molecular weight is 272 g/mol. The minimum Gasteiger partial charge on any atom is -0.478 e. The summed E-state index contributed by atoms with van der Waals surface area (Å²) in [7, 11) is 1.52. The predicted molar refractivity (Wildman–Crippen MR) is 61.9 cm³/mol. The number of aromatic carboxylic acids is 1. The van der Waals surface area contributed by atoms with E-state index in [4.69, 9.17) is 10.4 Å². The number of benzene rings is 1. The zero-order valence-corrected chi connectivity index (χ0v) is 10.0. The van der Waals surface area contributed by atoms with Crippen LogP contribution in [0.5, 0.6) is 0 Å². The van der Waals surface area contributed by atoms with E-state index < -0.39 is 23.3 Å². The fraction of sp³-hybridized carbons (Fsp3) is 0.333. The van der Waals surface area contributed by atoms with Crippen molar-refractivity contribution < 1.29 is 23.1 Å². The van der Waals surface area contributed by atoms with Gasteiger partial charge >= 0.3 is 12.1 Å². The number of alkyl halides is 3. The molecule has 0 bridgehead atoms. The number of anilines is 1. The first kappa shape index (κ1) is 14.8. The van der Waals surface area contributed by atoms with E-state index in [9.17, 15) is 18.0 Å². The second-order valence-corrected chi connectivity index (χ2v) is 3.86. The van der Waals surface area contributed by atoms with Crippen LogP contribution in [0.15, 0.2) is 18.2 Å². The predicted octanol–water partition coefficient (Wildman–Crippen LogP) is 2.75. The Labute approximate surface area is 107 Å². The quantitative estimate of drug-likeness (QED) is 0.915. The number of carboxylic acids is 1. The van der Waals surface area contributed by atoms with E-state index in [0.29, 0.717) is 6.07 Å². The standard InChI is InChI=1S/C12H11F3N2O2/c1-17(6-2-5-16)10-4-3-8(12(13,14)15)7-9(10)11(18)19/h3-4,7H,2,6H2,1H3,(H,18,19). The van der Waals surface area contributed by atoms with Crippen molar-refractivity contribution in [2.45, 2.75) is 12.6 Å². The fourth-order valence-corrected chi connectivity index (χ4v) is 1.55. The normalized spacial score (nSPS) is 10.9. The molecule has 102 valence electrons. The topological polar surface area (TPSA) is 64.3 Å². The van der Waals surface area contributed by atoms with Gasteiger partial charge in [0.2, 0.25) is 0 Å². The van der Waals surface area contributed by atoms with Crippen LogP contribution in [0.3, 0.4) is 0 Å². The maximum atomic E-state index is 12.5. The molecular formula is C12H11F3N2O2. The van der Waals surface area contributed by atoms with Crippen molar-refractivity contribution in [3.63, 3.8) is 0 Å². The van der Waals surface area contributed by atoms with Crippen LogP contribution in [-0.2, 0) is 6.18 Å². The number of nitrogens with zero attached hydrogens (tertiary/aromatic N) is 2. The van der Waals surface area contributed by atoms with Gasteiger partial charge in [0.25, 0.3) is 0 Å². The molecule has 0 unspecified atom stereocenters. The third-order valence-corrected chi connectivity index (χ3v) is 2.52. The fourth-order valence-electron chi connectivity index (χ4n) is 1.55. The summed E-state index contributed by atoms with van der Waals surface area (Å²) in [6.07, 6.45) is -4.44. The van der Waals surface area contributed by atoms with Gasteiger partial charge in [0.15, 0.2) is 0 Å². The Morgan fingerprint density at radius 2 is 2.11 bits per heavy atom. The van der Waals surface area contributed by atoms with Crippen LogP contribution < -0.4 is 4.90 Å². The summed E-state index contributed by atoms with van der Waals surface area (Å²) < 4.78 is 37.6. The number of nitriles is 1. The molecule has 0 spiro atoms. The third kappa shape index (κ3) is 3.61. The maximum Gasteiger partial charge on any atom is 0.416 e. The third-order valence-electron chi connectivity index (χ3n) is 2.52. The maximum absolute atomic E-state index is 12.5. The molecule has 0 aromatic heterocycles.